The lowest BCUT2D eigenvalue weighted by Gasteiger charge is -2.29. The highest BCUT2D eigenvalue weighted by Gasteiger charge is 2.25. The van der Waals surface area contributed by atoms with Gasteiger partial charge in [-0.1, -0.05) is 12.1 Å². The molecule has 1 aliphatic heterocycles. The number of methoxy groups -OCH3 is 1. The van der Waals surface area contributed by atoms with E-state index in [1.807, 2.05) is 24.3 Å². The maximum Gasteiger partial charge on any atom is 0.302 e. The molecule has 4 nitrogen and oxygen atoms in total. The van der Waals surface area contributed by atoms with Gasteiger partial charge in [-0.2, -0.15) is 0 Å². The van der Waals surface area contributed by atoms with Crippen molar-refractivity contribution in [2.45, 2.75) is 32.0 Å². The Morgan fingerprint density at radius 2 is 2.06 bits per heavy atom. The van der Waals surface area contributed by atoms with Gasteiger partial charge in [0.25, 0.3) is 0 Å². The fourth-order valence-electron chi connectivity index (χ4n) is 2.16. The molecule has 98 valence electrons. The molecule has 1 heterocycles. The van der Waals surface area contributed by atoms with E-state index in [1.54, 1.807) is 7.11 Å². The first kappa shape index (κ1) is 12.9. The van der Waals surface area contributed by atoms with Crippen LogP contribution in [0.5, 0.6) is 5.75 Å². The van der Waals surface area contributed by atoms with Crippen LogP contribution in [-0.2, 0) is 14.3 Å². The lowest BCUT2D eigenvalue weighted by molar-refractivity contribution is -0.153. The van der Waals surface area contributed by atoms with Crippen molar-refractivity contribution >= 4 is 5.97 Å². The predicted molar refractivity (Wildman–Crippen MR) is 66.5 cm³/mol. The van der Waals surface area contributed by atoms with Crippen molar-refractivity contribution in [1.29, 1.82) is 0 Å². The Kier molecular flexibility index (Phi) is 4.20. The summed E-state index contributed by atoms with van der Waals surface area (Å²) in [5.74, 6) is 0.599. The fourth-order valence-corrected chi connectivity index (χ4v) is 2.16. The molecule has 0 aliphatic carbocycles. The molecule has 4 heteroatoms. The molecule has 0 radical (unpaired) electrons. The largest absolute Gasteiger partial charge is 0.497 e. The number of esters is 1. The van der Waals surface area contributed by atoms with Crippen LogP contribution in [0.1, 0.15) is 31.4 Å². The van der Waals surface area contributed by atoms with Crippen molar-refractivity contribution in [3.63, 3.8) is 0 Å². The van der Waals surface area contributed by atoms with E-state index >= 15 is 0 Å². The van der Waals surface area contributed by atoms with Gasteiger partial charge >= 0.3 is 5.97 Å². The highest BCUT2D eigenvalue weighted by molar-refractivity contribution is 5.66. The van der Waals surface area contributed by atoms with Gasteiger partial charge in [0.15, 0.2) is 0 Å². The summed E-state index contributed by atoms with van der Waals surface area (Å²) in [4.78, 5) is 11.0. The van der Waals surface area contributed by atoms with E-state index in [1.165, 1.54) is 6.92 Å². The molecule has 2 rings (SSSR count). The first-order valence-electron chi connectivity index (χ1n) is 6.12. The molecule has 0 spiro atoms. The first-order chi connectivity index (χ1) is 8.69. The topological polar surface area (TPSA) is 44.8 Å². The summed E-state index contributed by atoms with van der Waals surface area (Å²) in [6, 6.07) is 7.79. The summed E-state index contributed by atoms with van der Waals surface area (Å²) in [6.07, 6.45) is 1.44. The van der Waals surface area contributed by atoms with Gasteiger partial charge in [0.05, 0.1) is 19.8 Å². The number of ether oxygens (including phenoxy) is 3. The fraction of sp³-hybridized carbons (Fsp3) is 0.500. The zero-order valence-corrected chi connectivity index (χ0v) is 10.7. The first-order valence-corrected chi connectivity index (χ1v) is 6.12. The predicted octanol–water partition coefficient (Wildman–Crippen LogP) is 2.48. The van der Waals surface area contributed by atoms with Gasteiger partial charge in [0.2, 0.25) is 0 Å². The smallest absolute Gasteiger partial charge is 0.302 e. The van der Waals surface area contributed by atoms with Crippen LogP contribution in [0.15, 0.2) is 24.3 Å². The van der Waals surface area contributed by atoms with Crippen molar-refractivity contribution in [1.82, 2.24) is 0 Å². The van der Waals surface area contributed by atoms with E-state index in [-0.39, 0.29) is 18.2 Å². The quantitative estimate of drug-likeness (QED) is 0.773. The Balaban J connectivity index is 2.01. The second-order valence-electron chi connectivity index (χ2n) is 4.39. The molecule has 0 bridgehead atoms. The molecule has 1 saturated heterocycles. The van der Waals surface area contributed by atoms with Crippen LogP contribution in [0.3, 0.4) is 0 Å². The monoisotopic (exact) mass is 250 g/mol. The van der Waals surface area contributed by atoms with Gasteiger partial charge < -0.3 is 14.2 Å². The van der Waals surface area contributed by atoms with Gasteiger partial charge in [0.1, 0.15) is 11.9 Å². The number of hydrogen-bond donors (Lipinski definition) is 0. The summed E-state index contributed by atoms with van der Waals surface area (Å²) in [6.45, 7) is 2.06. The summed E-state index contributed by atoms with van der Waals surface area (Å²) in [5, 5.41) is 0. The molecule has 0 unspecified atom stereocenters. The van der Waals surface area contributed by atoms with Gasteiger partial charge in [-0.25, -0.2) is 0 Å². The number of hydrogen-bond acceptors (Lipinski definition) is 4. The second-order valence-corrected chi connectivity index (χ2v) is 4.39. The van der Waals surface area contributed by atoms with E-state index < -0.39 is 0 Å². The Labute approximate surface area is 107 Å². The van der Waals surface area contributed by atoms with Gasteiger partial charge in [-0.3, -0.25) is 4.79 Å². The zero-order valence-electron chi connectivity index (χ0n) is 10.7. The molecule has 1 fully saturated rings. The Morgan fingerprint density at radius 3 is 2.67 bits per heavy atom. The van der Waals surface area contributed by atoms with Crippen LogP contribution < -0.4 is 4.74 Å². The van der Waals surface area contributed by atoms with Crippen LogP contribution in [0.25, 0.3) is 0 Å². The second kappa shape index (κ2) is 5.87. The maximum atomic E-state index is 11.0. The van der Waals surface area contributed by atoms with Gasteiger partial charge in [0, 0.05) is 19.8 Å². The minimum absolute atomic E-state index is 0.00555. The van der Waals surface area contributed by atoms with Gasteiger partial charge in [-0.05, 0) is 17.7 Å². The van der Waals surface area contributed by atoms with E-state index in [9.17, 15) is 4.79 Å². The lowest BCUT2D eigenvalue weighted by atomic mass is 9.99. The SMILES string of the molecule is COc1ccc([C@@H]2C[C@H](OC(C)=O)CCO2)cc1. The molecule has 0 saturated carbocycles. The molecule has 1 aromatic rings. The van der Waals surface area contributed by atoms with Crippen LogP contribution in [0.4, 0.5) is 0 Å². The number of rotatable bonds is 3. The molecular weight excluding hydrogens is 232 g/mol. The summed E-state index contributed by atoms with van der Waals surface area (Å²) in [7, 11) is 1.64. The number of carbonyl (C=O) groups is 1. The van der Waals surface area contributed by atoms with Crippen LogP contribution in [-0.4, -0.2) is 25.8 Å². The average molecular weight is 250 g/mol. The molecular formula is C14H18O4. The van der Waals surface area contributed by atoms with Crippen LogP contribution in [0, 0.1) is 0 Å². The van der Waals surface area contributed by atoms with E-state index in [4.69, 9.17) is 14.2 Å². The van der Waals surface area contributed by atoms with Crippen molar-refractivity contribution in [3.8, 4) is 5.75 Å². The average Bonchev–Trinajstić information content (AvgIpc) is 2.38. The molecule has 1 aliphatic rings. The van der Waals surface area contributed by atoms with Crippen molar-refractivity contribution < 1.29 is 19.0 Å². The Bertz CT molecular complexity index is 399. The summed E-state index contributed by atoms with van der Waals surface area (Å²) >= 11 is 0. The standard InChI is InChI=1S/C14H18O4/c1-10(15)18-13-7-8-17-14(9-13)11-3-5-12(16-2)6-4-11/h3-6,13-14H,7-9H2,1-2H3/t13-,14+/m1/s1. The Hall–Kier alpha value is -1.55. The molecule has 0 amide bonds. The molecule has 0 aromatic heterocycles. The highest BCUT2D eigenvalue weighted by atomic mass is 16.6. The summed E-state index contributed by atoms with van der Waals surface area (Å²) < 4.78 is 16.1. The molecule has 0 N–H and O–H groups in total. The molecule has 18 heavy (non-hydrogen) atoms. The third kappa shape index (κ3) is 3.23. The van der Waals surface area contributed by atoms with E-state index in [0.29, 0.717) is 13.0 Å². The lowest BCUT2D eigenvalue weighted by Crippen LogP contribution is -2.27. The minimum atomic E-state index is -0.226. The maximum absolute atomic E-state index is 11.0. The number of benzene rings is 1. The Morgan fingerprint density at radius 1 is 1.33 bits per heavy atom. The zero-order chi connectivity index (χ0) is 13.0. The number of carbonyl (C=O) groups excluding carboxylic acids is 1. The van der Waals surface area contributed by atoms with Crippen molar-refractivity contribution in [2.75, 3.05) is 13.7 Å². The molecule has 1 aromatic carbocycles. The van der Waals surface area contributed by atoms with Crippen LogP contribution in [0.2, 0.25) is 0 Å². The highest BCUT2D eigenvalue weighted by Crippen LogP contribution is 2.30. The summed E-state index contributed by atoms with van der Waals surface area (Å²) in [5.41, 5.74) is 1.09. The van der Waals surface area contributed by atoms with E-state index in [2.05, 4.69) is 0 Å². The van der Waals surface area contributed by atoms with Crippen molar-refractivity contribution in [2.24, 2.45) is 0 Å². The minimum Gasteiger partial charge on any atom is -0.497 e. The molecule has 2 atom stereocenters. The normalized spacial score (nSPS) is 23.4. The third-order valence-corrected chi connectivity index (χ3v) is 3.06. The third-order valence-electron chi connectivity index (χ3n) is 3.06. The van der Waals surface area contributed by atoms with Crippen LogP contribution >= 0.6 is 0 Å². The van der Waals surface area contributed by atoms with E-state index in [0.717, 1.165) is 17.7 Å². The van der Waals surface area contributed by atoms with Crippen molar-refractivity contribution in [3.05, 3.63) is 29.8 Å². The van der Waals surface area contributed by atoms with Gasteiger partial charge in [-0.15, -0.1) is 0 Å².